The Morgan fingerprint density at radius 1 is 1.08 bits per heavy atom. The van der Waals surface area contributed by atoms with Gasteiger partial charge in [-0.05, 0) is 73.0 Å². The largest absolute Gasteiger partial charge is 0.497 e. The SMILES string of the molecule is COc1ccc2oc(-c3csc(NC(=O)c4ccc(S(=O)(=O)N5CCCc6ccccc65)cc4)n3)cc2c1. The highest BCUT2D eigenvalue weighted by atomic mass is 32.2. The number of carbonyl (C=O) groups is 1. The Morgan fingerprint density at radius 3 is 2.71 bits per heavy atom. The van der Waals surface area contributed by atoms with Crippen LogP contribution in [-0.2, 0) is 16.4 Å². The molecule has 0 fully saturated rings. The van der Waals surface area contributed by atoms with E-state index < -0.39 is 10.0 Å². The number of aromatic nitrogens is 1. The van der Waals surface area contributed by atoms with Crippen molar-refractivity contribution in [2.45, 2.75) is 17.7 Å². The van der Waals surface area contributed by atoms with Crippen LogP contribution in [0.15, 0.2) is 87.5 Å². The highest BCUT2D eigenvalue weighted by molar-refractivity contribution is 7.92. The van der Waals surface area contributed by atoms with Crippen LogP contribution >= 0.6 is 11.3 Å². The number of fused-ring (bicyclic) bond motifs is 2. The Labute approximate surface area is 223 Å². The van der Waals surface area contributed by atoms with E-state index in [0.29, 0.717) is 40.0 Å². The first-order chi connectivity index (χ1) is 18.4. The van der Waals surface area contributed by atoms with Gasteiger partial charge in [0.05, 0.1) is 17.7 Å². The van der Waals surface area contributed by atoms with E-state index in [4.69, 9.17) is 9.15 Å². The second-order valence-corrected chi connectivity index (χ2v) is 11.6. The summed E-state index contributed by atoms with van der Waals surface area (Å²) in [5.41, 5.74) is 3.37. The van der Waals surface area contributed by atoms with Gasteiger partial charge in [-0.3, -0.25) is 14.4 Å². The maximum absolute atomic E-state index is 13.4. The molecule has 192 valence electrons. The molecule has 38 heavy (non-hydrogen) atoms. The first kappa shape index (κ1) is 24.2. The Morgan fingerprint density at radius 2 is 1.89 bits per heavy atom. The minimum Gasteiger partial charge on any atom is -0.497 e. The third-order valence-electron chi connectivity index (χ3n) is 6.47. The molecule has 0 unspecified atom stereocenters. The van der Waals surface area contributed by atoms with Crippen LogP contribution in [-0.4, -0.2) is 33.0 Å². The Balaban J connectivity index is 1.18. The molecule has 10 heteroatoms. The lowest BCUT2D eigenvalue weighted by atomic mass is 10.0. The number of nitrogens with one attached hydrogen (secondary N) is 1. The number of carbonyl (C=O) groups excluding carboxylic acids is 1. The number of benzene rings is 3. The summed E-state index contributed by atoms with van der Waals surface area (Å²) in [4.78, 5) is 17.5. The first-order valence-electron chi connectivity index (χ1n) is 12.0. The van der Waals surface area contributed by atoms with Gasteiger partial charge in [0, 0.05) is 22.9 Å². The number of hydrogen-bond acceptors (Lipinski definition) is 7. The minimum atomic E-state index is -3.75. The molecule has 3 aromatic carbocycles. The van der Waals surface area contributed by atoms with E-state index in [0.717, 1.165) is 29.5 Å². The van der Waals surface area contributed by atoms with Crippen LogP contribution in [0.2, 0.25) is 0 Å². The zero-order valence-electron chi connectivity index (χ0n) is 20.4. The molecule has 2 aromatic heterocycles. The quantitative estimate of drug-likeness (QED) is 0.283. The van der Waals surface area contributed by atoms with E-state index in [2.05, 4.69) is 10.3 Å². The van der Waals surface area contributed by atoms with Crippen molar-refractivity contribution in [2.24, 2.45) is 0 Å². The molecule has 1 aliphatic rings. The van der Waals surface area contributed by atoms with E-state index in [1.54, 1.807) is 12.5 Å². The van der Waals surface area contributed by atoms with Gasteiger partial charge >= 0.3 is 0 Å². The number of amides is 1. The average Bonchev–Trinajstić information content (AvgIpc) is 3.59. The standard InChI is InChI=1S/C28H23N3O5S2/c1-35-21-10-13-25-20(15-21)16-26(36-25)23-17-37-28(29-23)30-27(32)19-8-11-22(12-9-19)38(33,34)31-14-4-6-18-5-2-3-7-24(18)31/h2-3,5,7-13,15-17H,4,6,14H2,1H3,(H,29,30,32). The van der Waals surface area contributed by atoms with Crippen molar-refractivity contribution in [3.63, 3.8) is 0 Å². The lowest BCUT2D eigenvalue weighted by Gasteiger charge is -2.30. The summed E-state index contributed by atoms with van der Waals surface area (Å²) in [6, 6.07) is 20.9. The molecule has 1 N–H and O–H groups in total. The first-order valence-corrected chi connectivity index (χ1v) is 14.3. The smallest absolute Gasteiger partial charge is 0.264 e. The van der Waals surface area contributed by atoms with Crippen molar-refractivity contribution in [1.29, 1.82) is 0 Å². The molecular formula is C28H23N3O5S2. The number of aryl methyl sites for hydroxylation is 1. The van der Waals surface area contributed by atoms with Gasteiger partial charge < -0.3 is 9.15 Å². The zero-order chi connectivity index (χ0) is 26.3. The van der Waals surface area contributed by atoms with Crippen LogP contribution in [0.3, 0.4) is 0 Å². The maximum Gasteiger partial charge on any atom is 0.264 e. The van der Waals surface area contributed by atoms with E-state index in [9.17, 15) is 13.2 Å². The predicted octanol–water partition coefficient (Wildman–Crippen LogP) is 5.96. The number of furan rings is 1. The van der Waals surface area contributed by atoms with Crippen LogP contribution in [0.5, 0.6) is 5.75 Å². The lowest BCUT2D eigenvalue weighted by molar-refractivity contribution is 0.102. The Kier molecular flexibility index (Phi) is 6.13. The number of anilines is 2. The number of hydrogen-bond donors (Lipinski definition) is 1. The van der Waals surface area contributed by atoms with Gasteiger partial charge in [-0.1, -0.05) is 18.2 Å². The molecule has 0 radical (unpaired) electrons. The normalized spacial score (nSPS) is 13.3. The van der Waals surface area contributed by atoms with E-state index in [1.165, 1.54) is 39.9 Å². The van der Waals surface area contributed by atoms with Crippen molar-refractivity contribution in [3.8, 4) is 17.2 Å². The van der Waals surface area contributed by atoms with Crippen molar-refractivity contribution in [3.05, 3.63) is 89.3 Å². The van der Waals surface area contributed by atoms with Crippen molar-refractivity contribution < 1.29 is 22.4 Å². The topological polar surface area (TPSA) is 102 Å². The number of nitrogens with zero attached hydrogens (tertiary/aromatic N) is 2. The molecule has 5 aromatic rings. The van der Waals surface area contributed by atoms with E-state index >= 15 is 0 Å². The van der Waals surface area contributed by atoms with Crippen LogP contribution in [0, 0.1) is 0 Å². The number of thiazole rings is 1. The maximum atomic E-state index is 13.4. The second-order valence-electron chi connectivity index (χ2n) is 8.84. The monoisotopic (exact) mass is 545 g/mol. The summed E-state index contributed by atoms with van der Waals surface area (Å²) >= 11 is 1.27. The molecule has 3 heterocycles. The van der Waals surface area contributed by atoms with E-state index in [-0.39, 0.29) is 10.8 Å². The lowest BCUT2D eigenvalue weighted by Crippen LogP contribution is -2.35. The number of rotatable bonds is 6. The number of ether oxygens (including phenoxy) is 1. The van der Waals surface area contributed by atoms with E-state index in [1.807, 2.05) is 48.5 Å². The number of sulfonamides is 1. The summed E-state index contributed by atoms with van der Waals surface area (Å²) in [5, 5.41) is 5.88. The van der Waals surface area contributed by atoms with Crippen molar-refractivity contribution >= 4 is 49.1 Å². The van der Waals surface area contributed by atoms with Crippen LogP contribution < -0.4 is 14.4 Å². The molecule has 0 atom stereocenters. The molecule has 8 nitrogen and oxygen atoms in total. The molecule has 0 spiro atoms. The zero-order valence-corrected chi connectivity index (χ0v) is 22.0. The van der Waals surface area contributed by atoms with Gasteiger partial charge in [0.2, 0.25) is 0 Å². The van der Waals surface area contributed by atoms with Gasteiger partial charge in [-0.15, -0.1) is 11.3 Å². The van der Waals surface area contributed by atoms with Crippen molar-refractivity contribution in [2.75, 3.05) is 23.3 Å². The average molecular weight is 546 g/mol. The van der Waals surface area contributed by atoms with Crippen LogP contribution in [0.25, 0.3) is 22.4 Å². The van der Waals surface area contributed by atoms with Gasteiger partial charge in [0.25, 0.3) is 15.9 Å². The summed E-state index contributed by atoms with van der Waals surface area (Å²) < 4.78 is 39.3. The van der Waals surface area contributed by atoms with Gasteiger partial charge in [-0.25, -0.2) is 13.4 Å². The molecular weight excluding hydrogens is 522 g/mol. The summed E-state index contributed by atoms with van der Waals surface area (Å²) in [6.07, 6.45) is 1.61. The minimum absolute atomic E-state index is 0.142. The third kappa shape index (κ3) is 4.42. The van der Waals surface area contributed by atoms with Crippen LogP contribution in [0.4, 0.5) is 10.8 Å². The molecule has 6 rings (SSSR count). The molecule has 0 saturated heterocycles. The molecule has 0 aliphatic carbocycles. The van der Waals surface area contributed by atoms with Gasteiger partial charge in [0.15, 0.2) is 10.9 Å². The fourth-order valence-electron chi connectivity index (χ4n) is 4.54. The number of methoxy groups -OCH3 is 1. The summed E-state index contributed by atoms with van der Waals surface area (Å²) in [7, 11) is -2.14. The fraction of sp³-hybridized carbons (Fsp3) is 0.143. The van der Waals surface area contributed by atoms with Crippen LogP contribution in [0.1, 0.15) is 22.3 Å². The fourth-order valence-corrected chi connectivity index (χ4v) is 6.78. The Hall–Kier alpha value is -4.15. The molecule has 0 saturated carbocycles. The van der Waals surface area contributed by atoms with Crippen molar-refractivity contribution in [1.82, 2.24) is 4.98 Å². The van der Waals surface area contributed by atoms with Gasteiger partial charge in [0.1, 0.15) is 17.0 Å². The summed E-state index contributed by atoms with van der Waals surface area (Å²) in [6.45, 7) is 0.423. The predicted molar refractivity (Wildman–Crippen MR) is 148 cm³/mol. The highest BCUT2D eigenvalue weighted by Gasteiger charge is 2.29. The Bertz CT molecular complexity index is 1760. The second kappa shape index (κ2) is 9.62. The molecule has 1 aliphatic heterocycles. The number of para-hydroxylation sites is 1. The molecule has 1 amide bonds. The van der Waals surface area contributed by atoms with Gasteiger partial charge in [-0.2, -0.15) is 0 Å². The third-order valence-corrected chi connectivity index (χ3v) is 9.06. The molecule has 0 bridgehead atoms. The highest BCUT2D eigenvalue weighted by Crippen LogP contribution is 2.33. The summed E-state index contributed by atoms with van der Waals surface area (Å²) in [5.74, 6) is 0.932.